The van der Waals surface area contributed by atoms with Gasteiger partial charge in [-0.05, 0) is 70.7 Å². The number of halogens is 6. The summed E-state index contributed by atoms with van der Waals surface area (Å²) in [7, 11) is -4.67. The van der Waals surface area contributed by atoms with Gasteiger partial charge >= 0.3 is 5.97 Å². The van der Waals surface area contributed by atoms with Gasteiger partial charge in [0.2, 0.25) is 21.7 Å². The van der Waals surface area contributed by atoms with Crippen LogP contribution in [-0.2, 0) is 33.3 Å². The van der Waals surface area contributed by atoms with Crippen LogP contribution in [0.15, 0.2) is 59.5 Å². The molecule has 53 heavy (non-hydrogen) atoms. The lowest BCUT2D eigenvalue weighted by Gasteiger charge is -2.29. The first-order valence-electron chi connectivity index (χ1n) is 16.1. The number of sulfonamides is 1. The van der Waals surface area contributed by atoms with Crippen LogP contribution >= 0.6 is 0 Å². The van der Waals surface area contributed by atoms with Gasteiger partial charge < -0.3 is 19.8 Å². The summed E-state index contributed by atoms with van der Waals surface area (Å²) < 4.78 is 120. The number of hydrogen-bond donors (Lipinski definition) is 2. The van der Waals surface area contributed by atoms with Crippen LogP contribution in [0.3, 0.4) is 0 Å². The molecule has 0 atom stereocenters. The zero-order valence-corrected chi connectivity index (χ0v) is 29.6. The Bertz CT molecular complexity index is 2190. The molecule has 1 saturated carbocycles. The maximum atomic E-state index is 15.0. The van der Waals surface area contributed by atoms with E-state index in [4.69, 9.17) is 4.74 Å². The number of methoxy groups -OCH3 is 1. The van der Waals surface area contributed by atoms with E-state index in [0.717, 1.165) is 66.3 Å². The van der Waals surface area contributed by atoms with Crippen LogP contribution in [0.5, 0.6) is 11.5 Å². The second kappa shape index (κ2) is 14.7. The Balaban J connectivity index is 1.65. The standard InChI is InChI=1S/C37H34F6N2O7S/c1-37(2,3)23-12-20(11-22(14-23)21-6-7-21)17-45(24-8-9-25(36(48)49)27(46)15-24)29(47)18-44(16-19-5-10-26(38)28(13-19)52-4)53(50,51)35-33(42)31(40)30(39)32(41)34(35)43/h5,8-15,21,46H,6-7,16-18H2,1-4H3,(H,48,49). The molecule has 9 nitrogen and oxygen atoms in total. The monoisotopic (exact) mass is 764 g/mol. The molecule has 2 N–H and O–H groups in total. The zero-order valence-electron chi connectivity index (χ0n) is 28.8. The highest BCUT2D eigenvalue weighted by Crippen LogP contribution is 2.42. The van der Waals surface area contributed by atoms with Gasteiger partial charge in [-0.25, -0.2) is 39.6 Å². The number of benzene rings is 4. The Morgan fingerprint density at radius 3 is 2.00 bits per heavy atom. The molecule has 0 bridgehead atoms. The number of aromatic carboxylic acids is 1. The highest BCUT2D eigenvalue weighted by Gasteiger charge is 2.39. The fraction of sp³-hybridized carbons (Fsp3) is 0.297. The van der Waals surface area contributed by atoms with Gasteiger partial charge in [-0.15, -0.1) is 0 Å². The first-order chi connectivity index (χ1) is 24.7. The second-order valence-corrected chi connectivity index (χ2v) is 15.5. The van der Waals surface area contributed by atoms with Crippen molar-refractivity contribution in [2.75, 3.05) is 18.6 Å². The summed E-state index contributed by atoms with van der Waals surface area (Å²) in [5.74, 6) is -17.4. The molecule has 4 aromatic rings. The molecule has 1 amide bonds. The Labute approximate surface area is 301 Å². The van der Waals surface area contributed by atoms with E-state index >= 15 is 8.78 Å². The Kier molecular flexibility index (Phi) is 10.9. The summed E-state index contributed by atoms with van der Waals surface area (Å²) in [4.78, 5) is 24.7. The van der Waals surface area contributed by atoms with Crippen molar-refractivity contribution in [1.82, 2.24) is 4.31 Å². The zero-order chi connectivity index (χ0) is 39.2. The van der Waals surface area contributed by atoms with E-state index in [0.29, 0.717) is 5.56 Å². The normalized spacial score (nSPS) is 13.3. The van der Waals surface area contributed by atoms with Crippen molar-refractivity contribution >= 4 is 27.6 Å². The van der Waals surface area contributed by atoms with Crippen molar-refractivity contribution in [2.45, 2.75) is 62.9 Å². The van der Waals surface area contributed by atoms with Gasteiger partial charge in [-0.2, -0.15) is 4.31 Å². The summed E-state index contributed by atoms with van der Waals surface area (Å²) >= 11 is 0. The van der Waals surface area contributed by atoms with Crippen molar-refractivity contribution in [2.24, 2.45) is 0 Å². The number of anilines is 1. The predicted octanol–water partition coefficient (Wildman–Crippen LogP) is 7.53. The van der Waals surface area contributed by atoms with Gasteiger partial charge in [0.1, 0.15) is 11.3 Å². The van der Waals surface area contributed by atoms with E-state index in [-0.39, 0.29) is 39.2 Å². The quantitative estimate of drug-likeness (QED) is 0.0869. The number of carbonyl (C=O) groups excluding carboxylic acids is 1. The van der Waals surface area contributed by atoms with Crippen LogP contribution in [0.4, 0.5) is 32.0 Å². The van der Waals surface area contributed by atoms with E-state index in [1.165, 1.54) is 6.07 Å². The van der Waals surface area contributed by atoms with Gasteiger partial charge in [0.15, 0.2) is 39.7 Å². The molecule has 0 aromatic heterocycles. The molecule has 5 rings (SSSR count). The van der Waals surface area contributed by atoms with Crippen LogP contribution in [0.2, 0.25) is 0 Å². The van der Waals surface area contributed by atoms with E-state index in [1.807, 2.05) is 39.0 Å². The summed E-state index contributed by atoms with van der Waals surface area (Å²) in [6.07, 6.45) is 1.86. The van der Waals surface area contributed by atoms with E-state index in [9.17, 15) is 45.8 Å². The predicted molar refractivity (Wildman–Crippen MR) is 180 cm³/mol. The molecule has 1 aliphatic carbocycles. The lowest BCUT2D eigenvalue weighted by Crippen LogP contribution is -2.43. The average molecular weight is 765 g/mol. The van der Waals surface area contributed by atoms with Gasteiger partial charge in [0.05, 0.1) is 20.2 Å². The summed E-state index contributed by atoms with van der Waals surface area (Å²) in [6.45, 7) is 3.38. The number of aromatic hydroxyl groups is 1. The summed E-state index contributed by atoms with van der Waals surface area (Å²) in [5, 5.41) is 20.0. The average Bonchev–Trinajstić information content (AvgIpc) is 3.94. The minimum Gasteiger partial charge on any atom is -0.507 e. The first kappa shape index (κ1) is 39.1. The number of phenols is 1. The lowest BCUT2D eigenvalue weighted by molar-refractivity contribution is -0.119. The fourth-order valence-corrected chi connectivity index (χ4v) is 7.17. The second-order valence-electron chi connectivity index (χ2n) is 13.6. The lowest BCUT2D eigenvalue weighted by atomic mass is 9.84. The molecule has 1 fully saturated rings. The fourth-order valence-electron chi connectivity index (χ4n) is 5.68. The van der Waals surface area contributed by atoms with Gasteiger partial charge in [-0.3, -0.25) is 4.79 Å². The minimum atomic E-state index is -5.77. The number of carbonyl (C=O) groups is 2. The molecule has 1 aliphatic rings. The third-order valence-electron chi connectivity index (χ3n) is 8.75. The molecular weight excluding hydrogens is 730 g/mol. The highest BCUT2D eigenvalue weighted by atomic mass is 32.2. The topological polar surface area (TPSA) is 124 Å². The van der Waals surface area contributed by atoms with Crippen molar-refractivity contribution < 1.29 is 59.3 Å². The molecule has 16 heteroatoms. The van der Waals surface area contributed by atoms with Crippen molar-refractivity contribution in [3.63, 3.8) is 0 Å². The number of nitrogens with zero attached hydrogens (tertiary/aromatic N) is 2. The molecule has 282 valence electrons. The minimum absolute atomic E-state index is 0.106. The van der Waals surface area contributed by atoms with E-state index < -0.39 is 86.1 Å². The maximum Gasteiger partial charge on any atom is 0.339 e. The number of rotatable bonds is 12. The highest BCUT2D eigenvalue weighted by molar-refractivity contribution is 7.89. The third kappa shape index (κ3) is 8.13. The van der Waals surface area contributed by atoms with Crippen molar-refractivity contribution in [3.8, 4) is 11.5 Å². The maximum absolute atomic E-state index is 15.0. The smallest absolute Gasteiger partial charge is 0.339 e. The Morgan fingerprint density at radius 2 is 1.45 bits per heavy atom. The van der Waals surface area contributed by atoms with Gasteiger partial charge in [0, 0.05) is 18.3 Å². The number of amides is 1. The van der Waals surface area contributed by atoms with Crippen LogP contribution in [0, 0.1) is 34.9 Å². The van der Waals surface area contributed by atoms with Crippen molar-refractivity contribution in [3.05, 3.63) is 117 Å². The van der Waals surface area contributed by atoms with Crippen molar-refractivity contribution in [1.29, 1.82) is 0 Å². The molecule has 0 aliphatic heterocycles. The number of carboxylic acids is 1. The molecule has 0 heterocycles. The number of hydrogen-bond acceptors (Lipinski definition) is 6. The van der Waals surface area contributed by atoms with Gasteiger partial charge in [-0.1, -0.05) is 45.0 Å². The van der Waals surface area contributed by atoms with Crippen LogP contribution in [0.25, 0.3) is 0 Å². The van der Waals surface area contributed by atoms with E-state index in [2.05, 4.69) is 0 Å². The van der Waals surface area contributed by atoms with Gasteiger partial charge in [0.25, 0.3) is 0 Å². The van der Waals surface area contributed by atoms with Crippen LogP contribution in [-0.4, -0.2) is 48.5 Å². The summed E-state index contributed by atoms with van der Waals surface area (Å²) in [6, 6.07) is 11.8. The number of carboxylic acid groups (broad SMARTS) is 1. The number of ether oxygens (including phenoxy) is 1. The van der Waals surface area contributed by atoms with Crippen LogP contribution in [0.1, 0.15) is 72.1 Å². The largest absolute Gasteiger partial charge is 0.507 e. The first-order valence-corrected chi connectivity index (χ1v) is 17.5. The SMILES string of the molecule is COc1cc(CN(CC(=O)N(Cc2cc(C3CC3)cc(C(C)(C)C)c2)c2ccc(C(=O)O)c(O)c2)S(=O)(=O)c2c(F)c(F)c(F)c(F)c2F)ccc1F. The summed E-state index contributed by atoms with van der Waals surface area (Å²) in [5.41, 5.74) is 1.32. The Hall–Kier alpha value is -5.09. The molecule has 0 saturated heterocycles. The third-order valence-corrected chi connectivity index (χ3v) is 10.6. The molecule has 0 radical (unpaired) electrons. The molecule has 0 unspecified atom stereocenters. The van der Waals surface area contributed by atoms with E-state index in [1.54, 1.807) is 0 Å². The van der Waals surface area contributed by atoms with Crippen LogP contribution < -0.4 is 9.64 Å². The molecule has 4 aromatic carbocycles. The molecule has 0 spiro atoms. The Morgan fingerprint density at radius 1 is 0.830 bits per heavy atom. The molecular formula is C37H34F6N2O7S.